The Bertz CT molecular complexity index is 883. The Morgan fingerprint density at radius 1 is 0.968 bits per heavy atom. The lowest BCUT2D eigenvalue weighted by Crippen LogP contribution is -2.32. The smallest absolute Gasteiger partial charge is 0.333 e. The van der Waals surface area contributed by atoms with Gasteiger partial charge in [0.15, 0.2) is 6.04 Å². The van der Waals surface area contributed by atoms with Crippen LogP contribution in [0, 0.1) is 0 Å². The Morgan fingerprint density at radius 3 is 1.90 bits per heavy atom. The Hall–Kier alpha value is -3.21. The molecule has 2 aromatic rings. The van der Waals surface area contributed by atoms with E-state index in [1.165, 1.54) is 7.11 Å². The molecule has 0 N–H and O–H groups in total. The standard InChI is InChI=1S/C26H31NO4/c1-6-13-21(24(28)30-5)18-22(25(29)31-26(2,3)4)27-23(19-14-9-7-10-15-19)20-16-11-8-12-17-20/h7-17,22H,6,18H2,1-5H3/b21-13-. The second-order valence-electron chi connectivity index (χ2n) is 8.09. The first-order valence-electron chi connectivity index (χ1n) is 10.4. The largest absolute Gasteiger partial charge is 0.466 e. The second-order valence-corrected chi connectivity index (χ2v) is 8.09. The number of ether oxygens (including phenoxy) is 2. The number of benzene rings is 2. The fraction of sp³-hybridized carbons (Fsp3) is 0.346. The van der Waals surface area contributed by atoms with Gasteiger partial charge < -0.3 is 9.47 Å². The van der Waals surface area contributed by atoms with Gasteiger partial charge in [-0.3, -0.25) is 4.99 Å². The number of allylic oxidation sites excluding steroid dienone is 1. The summed E-state index contributed by atoms with van der Waals surface area (Å²) in [6.45, 7) is 7.35. The van der Waals surface area contributed by atoms with Crippen LogP contribution in [0.2, 0.25) is 0 Å². The third-order valence-corrected chi connectivity index (χ3v) is 4.37. The summed E-state index contributed by atoms with van der Waals surface area (Å²) < 4.78 is 10.6. The maximum absolute atomic E-state index is 13.1. The topological polar surface area (TPSA) is 65.0 Å². The number of aliphatic imine (C=N–C) groups is 1. The fourth-order valence-electron chi connectivity index (χ4n) is 3.05. The van der Waals surface area contributed by atoms with Crippen molar-refractivity contribution in [3.05, 3.63) is 83.4 Å². The van der Waals surface area contributed by atoms with Gasteiger partial charge in [-0.1, -0.05) is 73.7 Å². The molecular weight excluding hydrogens is 390 g/mol. The summed E-state index contributed by atoms with van der Waals surface area (Å²) in [5.74, 6) is -0.950. The first-order valence-corrected chi connectivity index (χ1v) is 10.4. The molecule has 1 atom stereocenters. The van der Waals surface area contributed by atoms with E-state index in [1.807, 2.05) is 88.4 Å². The number of hydrogen-bond acceptors (Lipinski definition) is 5. The van der Waals surface area contributed by atoms with Gasteiger partial charge in [0.05, 0.1) is 12.8 Å². The van der Waals surface area contributed by atoms with Crippen molar-refractivity contribution < 1.29 is 19.1 Å². The summed E-state index contributed by atoms with van der Waals surface area (Å²) in [4.78, 5) is 30.2. The Balaban J connectivity index is 2.58. The molecule has 2 rings (SSSR count). The van der Waals surface area contributed by atoms with Crippen molar-refractivity contribution in [1.82, 2.24) is 0 Å². The van der Waals surface area contributed by atoms with Crippen molar-refractivity contribution in [3.63, 3.8) is 0 Å². The van der Waals surface area contributed by atoms with Crippen molar-refractivity contribution in [1.29, 1.82) is 0 Å². The van der Waals surface area contributed by atoms with Crippen LogP contribution in [0.5, 0.6) is 0 Å². The first-order chi connectivity index (χ1) is 14.7. The van der Waals surface area contributed by atoms with Crippen LogP contribution >= 0.6 is 0 Å². The van der Waals surface area contributed by atoms with Crippen molar-refractivity contribution in [2.24, 2.45) is 4.99 Å². The van der Waals surface area contributed by atoms with Gasteiger partial charge in [-0.25, -0.2) is 9.59 Å². The molecule has 0 radical (unpaired) electrons. The summed E-state index contributed by atoms with van der Waals surface area (Å²) in [6, 6.07) is 18.4. The predicted molar refractivity (Wildman–Crippen MR) is 123 cm³/mol. The highest BCUT2D eigenvalue weighted by Gasteiger charge is 2.28. The monoisotopic (exact) mass is 421 g/mol. The van der Waals surface area contributed by atoms with E-state index in [0.29, 0.717) is 17.7 Å². The summed E-state index contributed by atoms with van der Waals surface area (Å²) >= 11 is 0. The zero-order valence-corrected chi connectivity index (χ0v) is 18.9. The van der Waals surface area contributed by atoms with E-state index in [-0.39, 0.29) is 6.42 Å². The highest BCUT2D eigenvalue weighted by Crippen LogP contribution is 2.20. The molecule has 5 nitrogen and oxygen atoms in total. The van der Waals surface area contributed by atoms with Crippen molar-refractivity contribution in [3.8, 4) is 0 Å². The minimum Gasteiger partial charge on any atom is -0.466 e. The molecule has 164 valence electrons. The van der Waals surface area contributed by atoms with Crippen LogP contribution in [-0.2, 0) is 19.1 Å². The molecule has 0 heterocycles. The molecule has 2 aromatic carbocycles. The van der Waals surface area contributed by atoms with E-state index >= 15 is 0 Å². The van der Waals surface area contributed by atoms with E-state index in [4.69, 9.17) is 14.5 Å². The quantitative estimate of drug-likeness (QED) is 0.337. The van der Waals surface area contributed by atoms with Gasteiger partial charge in [-0.05, 0) is 27.2 Å². The summed E-state index contributed by atoms with van der Waals surface area (Å²) in [7, 11) is 1.33. The maximum atomic E-state index is 13.1. The molecule has 0 amide bonds. The second kappa shape index (κ2) is 11.3. The van der Waals surface area contributed by atoms with Crippen molar-refractivity contribution in [2.45, 2.75) is 52.2 Å². The third kappa shape index (κ3) is 7.52. The molecule has 0 saturated heterocycles. The summed E-state index contributed by atoms with van der Waals surface area (Å²) in [5, 5.41) is 0. The molecule has 0 saturated carbocycles. The van der Waals surface area contributed by atoms with Gasteiger partial charge in [-0.15, -0.1) is 0 Å². The molecular formula is C26H31NO4. The minimum absolute atomic E-state index is 0.0958. The third-order valence-electron chi connectivity index (χ3n) is 4.37. The van der Waals surface area contributed by atoms with Gasteiger partial charge in [-0.2, -0.15) is 0 Å². The molecule has 1 unspecified atom stereocenters. The van der Waals surface area contributed by atoms with E-state index in [9.17, 15) is 9.59 Å². The van der Waals surface area contributed by atoms with Gasteiger partial charge in [0, 0.05) is 23.1 Å². The van der Waals surface area contributed by atoms with Crippen molar-refractivity contribution in [2.75, 3.05) is 7.11 Å². The molecule has 0 aromatic heterocycles. The van der Waals surface area contributed by atoms with Gasteiger partial charge in [0.2, 0.25) is 0 Å². The normalized spacial score (nSPS) is 12.6. The lowest BCUT2D eigenvalue weighted by molar-refractivity contribution is -0.156. The molecule has 5 heteroatoms. The van der Waals surface area contributed by atoms with Crippen LogP contribution in [0.1, 0.15) is 51.7 Å². The highest BCUT2D eigenvalue weighted by atomic mass is 16.6. The maximum Gasteiger partial charge on any atom is 0.333 e. The lowest BCUT2D eigenvalue weighted by Gasteiger charge is -2.23. The molecule has 0 aliphatic carbocycles. The first kappa shape index (κ1) is 24.1. The molecule has 31 heavy (non-hydrogen) atoms. The Morgan fingerprint density at radius 2 is 1.48 bits per heavy atom. The van der Waals surface area contributed by atoms with Crippen LogP contribution in [0.25, 0.3) is 0 Å². The predicted octanol–water partition coefficient (Wildman–Crippen LogP) is 5.13. The van der Waals surface area contributed by atoms with Crippen LogP contribution in [-0.4, -0.2) is 36.4 Å². The van der Waals surface area contributed by atoms with Crippen LogP contribution in [0.15, 0.2) is 77.3 Å². The van der Waals surface area contributed by atoms with Gasteiger partial charge >= 0.3 is 11.9 Å². The van der Waals surface area contributed by atoms with Gasteiger partial charge in [0.25, 0.3) is 0 Å². The molecule has 0 spiro atoms. The number of rotatable bonds is 8. The van der Waals surface area contributed by atoms with E-state index in [2.05, 4.69) is 0 Å². The van der Waals surface area contributed by atoms with E-state index in [1.54, 1.807) is 6.08 Å². The zero-order valence-electron chi connectivity index (χ0n) is 18.9. The number of hydrogen-bond donors (Lipinski definition) is 0. The number of methoxy groups -OCH3 is 1. The number of carbonyl (C=O) groups is 2. The lowest BCUT2D eigenvalue weighted by atomic mass is 10.00. The average Bonchev–Trinajstić information content (AvgIpc) is 2.75. The summed E-state index contributed by atoms with van der Waals surface area (Å²) in [6.07, 6.45) is 2.50. The fourth-order valence-corrected chi connectivity index (χ4v) is 3.05. The Labute approximate surface area is 184 Å². The zero-order chi connectivity index (χ0) is 22.9. The Kier molecular flexibility index (Phi) is 8.74. The van der Waals surface area contributed by atoms with E-state index in [0.717, 1.165) is 11.1 Å². The molecule has 0 bridgehead atoms. The molecule has 0 aliphatic heterocycles. The number of carbonyl (C=O) groups excluding carboxylic acids is 2. The van der Waals surface area contributed by atoms with Crippen LogP contribution in [0.4, 0.5) is 0 Å². The minimum atomic E-state index is -0.897. The highest BCUT2D eigenvalue weighted by molar-refractivity contribution is 6.13. The van der Waals surface area contributed by atoms with Crippen molar-refractivity contribution >= 4 is 17.7 Å². The SMILES string of the molecule is CC/C=C(/CC(N=C(c1ccccc1)c1ccccc1)C(=O)OC(C)(C)C)C(=O)OC. The van der Waals surface area contributed by atoms with E-state index < -0.39 is 23.6 Å². The van der Waals surface area contributed by atoms with Gasteiger partial charge in [0.1, 0.15) is 5.60 Å². The molecule has 0 fully saturated rings. The number of nitrogens with zero attached hydrogens (tertiary/aromatic N) is 1. The summed E-state index contributed by atoms with van der Waals surface area (Å²) in [5.41, 5.74) is 2.15. The van der Waals surface area contributed by atoms with Crippen LogP contribution in [0.3, 0.4) is 0 Å². The number of esters is 2. The van der Waals surface area contributed by atoms with Crippen LogP contribution < -0.4 is 0 Å². The average molecular weight is 422 g/mol. The molecule has 0 aliphatic rings.